The van der Waals surface area contributed by atoms with Crippen LogP contribution in [0.25, 0.3) is 11.4 Å². The van der Waals surface area contributed by atoms with Gasteiger partial charge in [-0.2, -0.15) is 10.2 Å². The average molecular weight is 1960 g/mol. The molecule has 600 valence electrons. The van der Waals surface area contributed by atoms with E-state index in [0.717, 1.165) is 57.6 Å². The molecule has 0 aliphatic heterocycles. The zero-order chi connectivity index (χ0) is 79.2. The van der Waals surface area contributed by atoms with Gasteiger partial charge in [-0.25, -0.2) is 9.36 Å². The second-order valence-electron chi connectivity index (χ2n) is 29.0. The molecule has 0 fully saturated rings. The molecule has 0 radical (unpaired) electrons. The molecule has 30 heteroatoms. The summed E-state index contributed by atoms with van der Waals surface area (Å²) < 4.78 is 61.9. The van der Waals surface area contributed by atoms with Crippen molar-refractivity contribution in [3.05, 3.63) is 145 Å². The number of anilines is 2. The molecule has 2 aliphatic carbocycles. The number of ketones is 2. The van der Waals surface area contributed by atoms with Crippen molar-refractivity contribution >= 4 is 128 Å². The van der Waals surface area contributed by atoms with Gasteiger partial charge in [-0.05, 0) is 134 Å². The van der Waals surface area contributed by atoms with Gasteiger partial charge in [0, 0.05) is 110 Å². The Labute approximate surface area is 683 Å². The van der Waals surface area contributed by atoms with E-state index < -0.39 is 30.2 Å². The predicted octanol–water partition coefficient (Wildman–Crippen LogP) is 11.2. The minimum absolute atomic E-state index is 0.0350. The molecule has 8 rings (SSSR count). The number of rotatable bonds is 49. The number of benzene rings is 4. The molecule has 2 aliphatic rings. The molecule has 26 nitrogen and oxygen atoms in total. The first-order valence-corrected chi connectivity index (χ1v) is 54.6. The van der Waals surface area contributed by atoms with Crippen molar-refractivity contribution in [2.75, 3.05) is 169 Å². The van der Waals surface area contributed by atoms with Gasteiger partial charge in [-0.1, -0.05) is 33.8 Å². The van der Waals surface area contributed by atoms with Gasteiger partial charge >= 0.3 is 125 Å². The van der Waals surface area contributed by atoms with E-state index in [9.17, 15) is 28.8 Å². The summed E-state index contributed by atoms with van der Waals surface area (Å²) in [6, 6.07) is 26.2. The second-order valence-corrected chi connectivity index (χ2v) is 44.7. The number of nitrogens with one attached hydrogen (secondary N) is 4. The van der Waals surface area contributed by atoms with E-state index in [4.69, 9.17) is 63.9 Å². The SMILES string of the molecule is Cc1nn(-c2ccc(C(N)=O)c(NCCCOCCOCCOCCOCCOCCCNC(=O)c3ccc[c]([Sn]([CH3])([CH3])[CH3])c3)c2)c2c1C(=O)CC(C)(C)C2.Cc1nn(-c2ccc(C(N)=O)c(NCCCOCCOCCOCCOCCOCCCNC(=O)c3cccc(I)c3)c2)c2c1C(=O)CC(C)(C)C2.II. The number of aromatic nitrogens is 4. The normalized spacial score (nSPS) is 13.5. The van der Waals surface area contributed by atoms with Crippen LogP contribution in [0.3, 0.4) is 0 Å². The number of hydrogen-bond donors (Lipinski definition) is 6. The number of hydrogen-bond acceptors (Lipinski definition) is 20. The molecule has 0 saturated carbocycles. The van der Waals surface area contributed by atoms with Gasteiger partial charge in [0.1, 0.15) is 0 Å². The number of carbonyl (C=O) groups excluding carboxylic acids is 6. The zero-order valence-electron chi connectivity index (χ0n) is 64.8. The summed E-state index contributed by atoms with van der Waals surface area (Å²) in [6.45, 7) is 24.1. The van der Waals surface area contributed by atoms with Crippen LogP contribution in [0.4, 0.5) is 11.4 Å². The third-order valence-electron chi connectivity index (χ3n) is 17.6. The molecule has 2 aromatic heterocycles. The molecule has 0 saturated heterocycles. The first-order chi connectivity index (χ1) is 52.3. The number of ether oxygens (including phenoxy) is 10. The smallest absolute Gasteiger partial charge is 0.251 e. The van der Waals surface area contributed by atoms with Crippen LogP contribution in [-0.2, 0) is 60.2 Å². The number of nitrogens with two attached hydrogens (primary N) is 2. The Kier molecular flexibility index (Phi) is 41.9. The van der Waals surface area contributed by atoms with Crippen molar-refractivity contribution in [1.82, 2.24) is 30.2 Å². The monoisotopic (exact) mass is 1960 g/mol. The number of carbonyl (C=O) groups is 6. The van der Waals surface area contributed by atoms with Crippen molar-refractivity contribution in [2.24, 2.45) is 22.3 Å². The number of fused-ring (bicyclic) bond motifs is 2. The molecule has 0 atom stereocenters. The van der Waals surface area contributed by atoms with Crippen molar-refractivity contribution in [3.63, 3.8) is 0 Å². The molecule has 4 aromatic carbocycles. The van der Waals surface area contributed by atoms with E-state index in [1.54, 1.807) is 18.2 Å². The van der Waals surface area contributed by atoms with Crippen LogP contribution in [0.2, 0.25) is 14.8 Å². The van der Waals surface area contributed by atoms with Gasteiger partial charge < -0.3 is 65.3 Å². The van der Waals surface area contributed by atoms with Gasteiger partial charge in [-0.15, -0.1) is 0 Å². The summed E-state index contributed by atoms with van der Waals surface area (Å²) in [5.41, 5.74) is 20.6. The molecule has 0 bridgehead atoms. The maximum atomic E-state index is 12.9. The molecule has 8 N–H and O–H groups in total. The van der Waals surface area contributed by atoms with Crippen LogP contribution < -0.4 is 36.3 Å². The summed E-state index contributed by atoms with van der Waals surface area (Å²) in [6.07, 6.45) is 5.36. The molecular weight excluding hydrogens is 1840 g/mol. The van der Waals surface area contributed by atoms with E-state index in [-0.39, 0.29) is 34.2 Å². The quantitative estimate of drug-likeness (QED) is 0.0117. The summed E-state index contributed by atoms with van der Waals surface area (Å²) >= 11 is 4.22. The number of Topliss-reactive ketones (excluding diaryl/α,β-unsaturated/α-hetero) is 2. The fourth-order valence-electron chi connectivity index (χ4n) is 12.2. The molecule has 6 aromatic rings. The first kappa shape index (κ1) is 92.6. The molecule has 0 spiro atoms. The third kappa shape index (κ3) is 32.6. The van der Waals surface area contributed by atoms with E-state index in [2.05, 4.69) is 135 Å². The zero-order valence-corrected chi connectivity index (χ0v) is 74.1. The van der Waals surface area contributed by atoms with Crippen LogP contribution >= 0.6 is 59.8 Å². The molecule has 2 heterocycles. The molecular formula is C79H113I3N10O16Sn. The maximum absolute atomic E-state index is 12.9. The molecule has 109 heavy (non-hydrogen) atoms. The Morgan fingerprint density at radius 1 is 0.450 bits per heavy atom. The standard InChI is InChI=1S/C38H52IN5O8.C38H52N5O8.3CH3.I2.Sn/c1-27-35-33(25-38(2,3)26-34(35)45)44(43-27)30-9-10-31(36(40)46)32(24-30)41-11-5-13-48-15-17-50-19-21-52-22-20-51-18-16-49-14-6-12-42-37(47)28-7-4-8-29(39)23-28;1-28-35-33(26-38(2,3)27-34(35)44)43(42-28)30-11-12-31(36(39)45)32(25-30)40-13-7-15-47-17-19-49-21-23-51-24-22-50-20-18-48-16-8-14-41-37(46)29-9-5-4-6-10-29;;;;1-2;/h4,7-10,23-24,41H,5-6,11-22,25-26H2,1-3H3,(H2,40,46)(H,42,47);4-5,9-12,25,40H,7-8,13-24,26-27H2,1-3H3,(H2,39,45)(H,41,46);3*1H3;;. The Morgan fingerprint density at radius 2 is 0.771 bits per heavy atom. The van der Waals surface area contributed by atoms with E-state index in [0.29, 0.717) is 235 Å². The minimum atomic E-state index is -2.21. The summed E-state index contributed by atoms with van der Waals surface area (Å²) in [4.78, 5) is 81.6. The van der Waals surface area contributed by atoms with Crippen molar-refractivity contribution in [2.45, 2.75) is 108 Å². The Hall–Kier alpha value is -5.29. The van der Waals surface area contributed by atoms with Gasteiger partial charge in [-0.3, -0.25) is 24.0 Å². The van der Waals surface area contributed by atoms with Crippen molar-refractivity contribution in [1.29, 1.82) is 0 Å². The predicted molar refractivity (Wildman–Crippen MR) is 451 cm³/mol. The van der Waals surface area contributed by atoms with Gasteiger partial charge in [0.2, 0.25) is 0 Å². The minimum Gasteiger partial charge on any atom is -0.384 e. The Morgan fingerprint density at radius 3 is 1.10 bits per heavy atom. The van der Waals surface area contributed by atoms with E-state index in [1.165, 1.54) is 3.58 Å². The summed E-state index contributed by atoms with van der Waals surface area (Å²) in [5, 5.41) is 21.9. The summed E-state index contributed by atoms with van der Waals surface area (Å²) in [5.74, 6) is -0.921. The van der Waals surface area contributed by atoms with Crippen LogP contribution in [-0.4, -0.2) is 231 Å². The molecule has 4 amide bonds. The van der Waals surface area contributed by atoms with Crippen LogP contribution in [0, 0.1) is 28.2 Å². The average Bonchev–Trinajstić information content (AvgIpc) is 1.62. The number of aryl methyl sites for hydroxylation is 2. The largest absolute Gasteiger partial charge is 0.384 e. The van der Waals surface area contributed by atoms with E-state index in [1.807, 2.05) is 83.9 Å². The first-order valence-electron chi connectivity index (χ1n) is 37.3. The van der Waals surface area contributed by atoms with Crippen molar-refractivity contribution < 1.29 is 76.1 Å². The third-order valence-corrected chi connectivity index (χ3v) is 24.1. The van der Waals surface area contributed by atoms with Crippen LogP contribution in [0.5, 0.6) is 0 Å². The fourth-order valence-corrected chi connectivity index (χ4v) is 16.2. The summed E-state index contributed by atoms with van der Waals surface area (Å²) in [7, 11) is 0. The van der Waals surface area contributed by atoms with Gasteiger partial charge in [0.15, 0.2) is 11.6 Å². The second kappa shape index (κ2) is 49.4. The van der Waals surface area contributed by atoms with Gasteiger partial charge in [0.05, 0.1) is 149 Å². The number of halogens is 3. The van der Waals surface area contributed by atoms with Crippen LogP contribution in [0.1, 0.15) is 151 Å². The number of primary amides is 2. The molecule has 0 unspecified atom stereocenters. The Bertz CT molecular complexity index is 3850. The fraction of sp³-hybridized carbons (Fsp3) is 0.544. The topological polar surface area (TPSA) is 331 Å². The maximum Gasteiger partial charge on any atom is 0.251 e. The van der Waals surface area contributed by atoms with Gasteiger partial charge in [0.25, 0.3) is 17.7 Å². The number of amides is 4. The number of nitrogens with zero attached hydrogens (tertiary/aromatic N) is 4. The van der Waals surface area contributed by atoms with Crippen LogP contribution in [0.15, 0.2) is 84.9 Å². The Balaban J connectivity index is 0.000000334. The van der Waals surface area contributed by atoms with E-state index >= 15 is 0 Å². The van der Waals surface area contributed by atoms with Crippen molar-refractivity contribution in [3.8, 4) is 11.4 Å².